The maximum atomic E-state index is 12.3. The van der Waals surface area contributed by atoms with E-state index in [1.165, 1.54) is 26.5 Å². The number of amides is 1. The summed E-state index contributed by atoms with van der Waals surface area (Å²) in [5.74, 6) is 0.516. The van der Waals surface area contributed by atoms with Crippen molar-refractivity contribution in [3.05, 3.63) is 52.5 Å². The standard InChI is InChI=1S/C19H22ClN3O5S/c1-13-5-6-15(20)10-17(13)23(29(4,25)26)12-19(24)22-21-11-14-9-16(27-2)7-8-18(14)28-3/h5-11H,12H2,1-4H3,(H,22,24)/b21-11-. The van der Waals surface area contributed by atoms with Gasteiger partial charge in [0.1, 0.15) is 18.0 Å². The van der Waals surface area contributed by atoms with Crippen LogP contribution in [-0.2, 0) is 14.8 Å². The first-order valence-corrected chi connectivity index (χ1v) is 10.7. The number of anilines is 1. The highest BCUT2D eigenvalue weighted by molar-refractivity contribution is 7.92. The number of methoxy groups -OCH3 is 2. The van der Waals surface area contributed by atoms with Gasteiger partial charge in [-0.3, -0.25) is 9.10 Å². The van der Waals surface area contributed by atoms with Crippen LogP contribution in [0.3, 0.4) is 0 Å². The molecule has 0 bridgehead atoms. The lowest BCUT2D eigenvalue weighted by molar-refractivity contribution is -0.119. The van der Waals surface area contributed by atoms with Gasteiger partial charge in [0.05, 0.1) is 32.4 Å². The molecule has 0 aliphatic carbocycles. The molecule has 1 amide bonds. The van der Waals surface area contributed by atoms with Crippen molar-refractivity contribution in [2.75, 3.05) is 31.3 Å². The fourth-order valence-corrected chi connectivity index (χ4v) is 3.58. The minimum Gasteiger partial charge on any atom is -0.497 e. The minimum absolute atomic E-state index is 0.327. The van der Waals surface area contributed by atoms with Crippen LogP contribution in [0.2, 0.25) is 5.02 Å². The maximum absolute atomic E-state index is 12.3. The molecule has 29 heavy (non-hydrogen) atoms. The number of hydrogen-bond donors (Lipinski definition) is 1. The zero-order chi connectivity index (χ0) is 21.6. The van der Waals surface area contributed by atoms with Crippen LogP contribution in [0.4, 0.5) is 5.69 Å². The molecular formula is C19H22ClN3O5S. The quantitative estimate of drug-likeness (QED) is 0.503. The van der Waals surface area contributed by atoms with Crippen molar-refractivity contribution in [2.45, 2.75) is 6.92 Å². The van der Waals surface area contributed by atoms with Crippen LogP contribution in [0, 0.1) is 6.92 Å². The molecule has 0 atom stereocenters. The van der Waals surface area contributed by atoms with Gasteiger partial charge >= 0.3 is 0 Å². The van der Waals surface area contributed by atoms with Gasteiger partial charge in [-0.2, -0.15) is 5.10 Å². The number of hydrazone groups is 1. The first kappa shape index (κ1) is 22.5. The molecule has 1 N–H and O–H groups in total. The second kappa shape index (κ2) is 9.62. The Labute approximate surface area is 175 Å². The average molecular weight is 440 g/mol. The molecule has 0 saturated heterocycles. The molecule has 2 aromatic carbocycles. The van der Waals surface area contributed by atoms with E-state index in [9.17, 15) is 13.2 Å². The number of hydrogen-bond acceptors (Lipinski definition) is 6. The number of sulfonamides is 1. The van der Waals surface area contributed by atoms with Gasteiger partial charge in [0.25, 0.3) is 5.91 Å². The number of carbonyl (C=O) groups is 1. The number of halogens is 1. The number of carbonyl (C=O) groups excluding carboxylic acids is 1. The van der Waals surface area contributed by atoms with Crippen LogP contribution in [0.1, 0.15) is 11.1 Å². The fourth-order valence-electron chi connectivity index (χ4n) is 2.51. The molecule has 2 aromatic rings. The summed E-state index contributed by atoms with van der Waals surface area (Å²) < 4.78 is 35.8. The van der Waals surface area contributed by atoms with E-state index >= 15 is 0 Å². The molecule has 0 aliphatic rings. The van der Waals surface area contributed by atoms with Gasteiger partial charge in [-0.1, -0.05) is 17.7 Å². The Bertz CT molecular complexity index is 1020. The number of aryl methyl sites for hydroxylation is 1. The van der Waals surface area contributed by atoms with E-state index in [0.717, 1.165) is 10.6 Å². The fraction of sp³-hybridized carbons (Fsp3) is 0.263. The lowest BCUT2D eigenvalue weighted by Gasteiger charge is -2.23. The predicted octanol–water partition coefficient (Wildman–Crippen LogP) is 2.58. The largest absolute Gasteiger partial charge is 0.497 e. The topological polar surface area (TPSA) is 97.3 Å². The lowest BCUT2D eigenvalue weighted by atomic mass is 10.2. The first-order valence-electron chi connectivity index (χ1n) is 8.43. The summed E-state index contributed by atoms with van der Waals surface area (Å²) in [4.78, 5) is 12.3. The van der Waals surface area contributed by atoms with E-state index in [2.05, 4.69) is 10.5 Å². The molecule has 0 heterocycles. The molecule has 0 aromatic heterocycles. The molecule has 0 aliphatic heterocycles. The van der Waals surface area contributed by atoms with Gasteiger partial charge in [-0.05, 0) is 42.8 Å². The highest BCUT2D eigenvalue weighted by Crippen LogP contribution is 2.26. The van der Waals surface area contributed by atoms with E-state index in [1.807, 2.05) is 0 Å². The zero-order valence-electron chi connectivity index (χ0n) is 16.5. The molecule has 0 spiro atoms. The van der Waals surface area contributed by atoms with Crippen LogP contribution in [0.15, 0.2) is 41.5 Å². The van der Waals surface area contributed by atoms with Crippen LogP contribution in [0.25, 0.3) is 0 Å². The van der Waals surface area contributed by atoms with Gasteiger partial charge in [-0.25, -0.2) is 13.8 Å². The minimum atomic E-state index is -3.72. The third kappa shape index (κ3) is 6.10. The van der Waals surface area contributed by atoms with E-state index in [4.69, 9.17) is 21.1 Å². The number of benzene rings is 2. The van der Waals surface area contributed by atoms with Crippen LogP contribution >= 0.6 is 11.6 Å². The summed E-state index contributed by atoms with van der Waals surface area (Å²) in [6.45, 7) is 1.28. The van der Waals surface area contributed by atoms with Crippen LogP contribution in [0.5, 0.6) is 11.5 Å². The Morgan fingerprint density at radius 3 is 2.55 bits per heavy atom. The van der Waals surface area contributed by atoms with E-state index in [1.54, 1.807) is 37.3 Å². The molecule has 0 fully saturated rings. The number of rotatable bonds is 8. The third-order valence-electron chi connectivity index (χ3n) is 3.96. The molecule has 8 nitrogen and oxygen atoms in total. The van der Waals surface area contributed by atoms with E-state index < -0.39 is 22.5 Å². The van der Waals surface area contributed by atoms with Crippen molar-refractivity contribution in [1.82, 2.24) is 5.43 Å². The summed E-state index contributed by atoms with van der Waals surface area (Å²) in [5, 5.41) is 4.25. The normalized spacial score (nSPS) is 11.3. The molecule has 10 heteroatoms. The third-order valence-corrected chi connectivity index (χ3v) is 5.32. The van der Waals surface area contributed by atoms with Crippen molar-refractivity contribution in [1.29, 1.82) is 0 Å². The van der Waals surface area contributed by atoms with Gasteiger partial charge in [0.15, 0.2) is 0 Å². The number of ether oxygens (including phenoxy) is 2. The maximum Gasteiger partial charge on any atom is 0.260 e. The summed E-state index contributed by atoms with van der Waals surface area (Å²) in [7, 11) is -0.685. The molecule has 156 valence electrons. The Hall–Kier alpha value is -2.78. The molecule has 0 radical (unpaired) electrons. The number of nitrogens with zero attached hydrogens (tertiary/aromatic N) is 2. The molecular weight excluding hydrogens is 418 g/mol. The van der Waals surface area contributed by atoms with Gasteiger partial charge in [0.2, 0.25) is 10.0 Å². The van der Waals surface area contributed by atoms with Crippen molar-refractivity contribution in [3.63, 3.8) is 0 Å². The first-order chi connectivity index (χ1) is 13.7. The molecule has 0 saturated carbocycles. The zero-order valence-corrected chi connectivity index (χ0v) is 18.0. The van der Waals surface area contributed by atoms with Crippen molar-refractivity contribution >= 4 is 39.4 Å². The van der Waals surface area contributed by atoms with E-state index in [-0.39, 0.29) is 0 Å². The van der Waals surface area contributed by atoms with Gasteiger partial charge in [-0.15, -0.1) is 0 Å². The Morgan fingerprint density at radius 1 is 1.21 bits per heavy atom. The summed E-state index contributed by atoms with van der Waals surface area (Å²) in [5.41, 5.74) is 3.89. The van der Waals surface area contributed by atoms with Crippen molar-refractivity contribution in [2.24, 2.45) is 5.10 Å². The lowest BCUT2D eigenvalue weighted by Crippen LogP contribution is -2.39. The monoisotopic (exact) mass is 439 g/mol. The summed E-state index contributed by atoms with van der Waals surface area (Å²) in [6, 6.07) is 9.94. The highest BCUT2D eigenvalue weighted by Gasteiger charge is 2.22. The Kier molecular flexibility index (Phi) is 7.46. The SMILES string of the molecule is COc1ccc(OC)c(/C=N\NC(=O)CN(c2cc(Cl)ccc2C)S(C)(=O)=O)c1. The Morgan fingerprint density at radius 2 is 1.93 bits per heavy atom. The Balaban J connectivity index is 2.18. The predicted molar refractivity (Wildman–Crippen MR) is 114 cm³/mol. The van der Waals surface area contributed by atoms with Gasteiger partial charge in [0, 0.05) is 10.6 Å². The molecule has 2 rings (SSSR count). The number of nitrogens with one attached hydrogen (secondary N) is 1. The van der Waals surface area contributed by atoms with Crippen molar-refractivity contribution in [3.8, 4) is 11.5 Å². The smallest absolute Gasteiger partial charge is 0.260 e. The van der Waals surface area contributed by atoms with E-state index in [0.29, 0.717) is 33.3 Å². The highest BCUT2D eigenvalue weighted by atomic mass is 35.5. The second-order valence-corrected chi connectivity index (χ2v) is 8.44. The van der Waals surface area contributed by atoms with Gasteiger partial charge < -0.3 is 9.47 Å². The summed E-state index contributed by atoms with van der Waals surface area (Å²) >= 11 is 5.98. The van der Waals surface area contributed by atoms with Crippen molar-refractivity contribution < 1.29 is 22.7 Å². The molecule has 0 unspecified atom stereocenters. The van der Waals surface area contributed by atoms with Crippen LogP contribution in [-0.4, -0.2) is 47.6 Å². The second-order valence-electron chi connectivity index (χ2n) is 6.10. The van der Waals surface area contributed by atoms with Crippen LogP contribution < -0.4 is 19.2 Å². The summed E-state index contributed by atoms with van der Waals surface area (Å²) in [6.07, 6.45) is 2.40. The average Bonchev–Trinajstić information content (AvgIpc) is 2.67.